The molecule has 0 amide bonds. The lowest BCUT2D eigenvalue weighted by Gasteiger charge is -2.16. The van der Waals surface area contributed by atoms with Crippen molar-refractivity contribution < 1.29 is 0 Å². The number of nitrogens with one attached hydrogen (secondary N) is 2. The molecule has 6 nitrogen and oxygen atoms in total. The highest BCUT2D eigenvalue weighted by Crippen LogP contribution is 2.24. The van der Waals surface area contributed by atoms with Crippen LogP contribution in [0.4, 0.5) is 11.8 Å². The molecule has 6 heteroatoms. The number of nitrogens with two attached hydrogens (primary N) is 1. The highest BCUT2D eigenvalue weighted by atomic mass is 15.3. The van der Waals surface area contributed by atoms with E-state index in [1.807, 2.05) is 49.4 Å². The predicted molar refractivity (Wildman–Crippen MR) is 83.6 cm³/mol. The number of para-hydroxylation sites is 1. The zero-order chi connectivity index (χ0) is 14.7. The molecule has 2 aromatic heterocycles. The Hall–Kier alpha value is -2.73. The Kier molecular flexibility index (Phi) is 3.61. The summed E-state index contributed by atoms with van der Waals surface area (Å²) in [5.74, 6) is 6.54. The molecule has 3 aromatic rings. The first-order valence-electron chi connectivity index (χ1n) is 6.69. The van der Waals surface area contributed by atoms with E-state index in [2.05, 4.69) is 25.7 Å². The van der Waals surface area contributed by atoms with Crippen LogP contribution in [-0.2, 0) is 0 Å². The molecule has 0 saturated heterocycles. The fourth-order valence-electron chi connectivity index (χ4n) is 2.16. The van der Waals surface area contributed by atoms with Crippen molar-refractivity contribution in [1.82, 2.24) is 15.0 Å². The van der Waals surface area contributed by atoms with Crippen LogP contribution in [0.5, 0.6) is 0 Å². The standard InChI is InChI=1S/C15H16N6/c1-10(12-7-4-5-9-17-12)18-14-11-6-2-3-8-13(11)19-15(20-14)21-16/h2-10H,16H2,1H3,(H2,18,19,20,21). The number of benzene rings is 1. The fourth-order valence-corrected chi connectivity index (χ4v) is 2.16. The summed E-state index contributed by atoms with van der Waals surface area (Å²) in [6, 6.07) is 13.6. The van der Waals surface area contributed by atoms with E-state index in [1.54, 1.807) is 6.20 Å². The predicted octanol–water partition coefficient (Wildman–Crippen LogP) is 2.48. The maximum absolute atomic E-state index is 5.44. The van der Waals surface area contributed by atoms with Gasteiger partial charge in [-0.05, 0) is 31.2 Å². The van der Waals surface area contributed by atoms with Crippen molar-refractivity contribution >= 4 is 22.7 Å². The molecule has 21 heavy (non-hydrogen) atoms. The number of hydrazine groups is 1. The lowest BCUT2D eigenvalue weighted by atomic mass is 10.2. The van der Waals surface area contributed by atoms with Crippen LogP contribution in [0, 0.1) is 0 Å². The van der Waals surface area contributed by atoms with Crippen LogP contribution >= 0.6 is 0 Å². The van der Waals surface area contributed by atoms with Crippen molar-refractivity contribution in [3.63, 3.8) is 0 Å². The smallest absolute Gasteiger partial charge is 0.239 e. The van der Waals surface area contributed by atoms with Gasteiger partial charge in [0.2, 0.25) is 5.95 Å². The van der Waals surface area contributed by atoms with E-state index in [1.165, 1.54) is 0 Å². The molecular formula is C15H16N6. The van der Waals surface area contributed by atoms with Gasteiger partial charge in [0.05, 0.1) is 17.3 Å². The normalized spacial score (nSPS) is 12.1. The van der Waals surface area contributed by atoms with E-state index in [4.69, 9.17) is 5.84 Å². The molecule has 3 rings (SSSR count). The Morgan fingerprint density at radius 3 is 2.62 bits per heavy atom. The van der Waals surface area contributed by atoms with E-state index in [9.17, 15) is 0 Å². The van der Waals surface area contributed by atoms with Crippen LogP contribution in [0.3, 0.4) is 0 Å². The summed E-state index contributed by atoms with van der Waals surface area (Å²) in [5, 5.41) is 4.31. The largest absolute Gasteiger partial charge is 0.361 e. The topological polar surface area (TPSA) is 88.8 Å². The maximum atomic E-state index is 5.44. The lowest BCUT2D eigenvalue weighted by Crippen LogP contribution is -2.14. The number of rotatable bonds is 4. The number of fused-ring (bicyclic) bond motifs is 1. The summed E-state index contributed by atoms with van der Waals surface area (Å²) in [5.41, 5.74) is 4.27. The van der Waals surface area contributed by atoms with Crippen LogP contribution in [0.1, 0.15) is 18.7 Å². The monoisotopic (exact) mass is 280 g/mol. The summed E-state index contributed by atoms with van der Waals surface area (Å²) in [7, 11) is 0. The lowest BCUT2D eigenvalue weighted by molar-refractivity contribution is 0.833. The average molecular weight is 280 g/mol. The van der Waals surface area contributed by atoms with Crippen molar-refractivity contribution in [1.29, 1.82) is 0 Å². The molecule has 106 valence electrons. The molecule has 0 saturated carbocycles. The highest BCUT2D eigenvalue weighted by molar-refractivity contribution is 5.90. The van der Waals surface area contributed by atoms with Gasteiger partial charge in [-0.15, -0.1) is 0 Å². The van der Waals surface area contributed by atoms with Gasteiger partial charge in [0.25, 0.3) is 0 Å². The van der Waals surface area contributed by atoms with Crippen molar-refractivity contribution in [2.75, 3.05) is 10.7 Å². The minimum absolute atomic E-state index is 0.0233. The first-order chi connectivity index (χ1) is 10.3. The van der Waals surface area contributed by atoms with E-state index in [0.717, 1.165) is 22.4 Å². The molecular weight excluding hydrogens is 264 g/mol. The van der Waals surface area contributed by atoms with Crippen molar-refractivity contribution in [3.8, 4) is 0 Å². The van der Waals surface area contributed by atoms with Crippen LogP contribution < -0.4 is 16.6 Å². The molecule has 1 aromatic carbocycles. The van der Waals surface area contributed by atoms with Gasteiger partial charge in [-0.3, -0.25) is 10.4 Å². The van der Waals surface area contributed by atoms with Gasteiger partial charge in [-0.25, -0.2) is 10.8 Å². The minimum atomic E-state index is 0.0233. The molecule has 0 aliphatic carbocycles. The molecule has 0 radical (unpaired) electrons. The van der Waals surface area contributed by atoms with Crippen molar-refractivity contribution in [2.45, 2.75) is 13.0 Å². The van der Waals surface area contributed by atoms with Gasteiger partial charge in [0.1, 0.15) is 5.82 Å². The Morgan fingerprint density at radius 1 is 1.05 bits per heavy atom. The third-order valence-electron chi connectivity index (χ3n) is 3.22. The quantitative estimate of drug-likeness (QED) is 0.502. The molecule has 0 bridgehead atoms. The highest BCUT2D eigenvalue weighted by Gasteiger charge is 2.11. The first kappa shape index (κ1) is 13.3. The molecule has 2 heterocycles. The van der Waals surface area contributed by atoms with E-state index in [-0.39, 0.29) is 6.04 Å². The number of hydrogen-bond acceptors (Lipinski definition) is 6. The van der Waals surface area contributed by atoms with Gasteiger partial charge < -0.3 is 5.32 Å². The minimum Gasteiger partial charge on any atom is -0.361 e. The second kappa shape index (κ2) is 5.72. The first-order valence-corrected chi connectivity index (χ1v) is 6.69. The van der Waals surface area contributed by atoms with E-state index >= 15 is 0 Å². The Balaban J connectivity index is 1.99. The Morgan fingerprint density at radius 2 is 1.86 bits per heavy atom. The Labute approximate surface area is 122 Å². The molecule has 1 atom stereocenters. The molecule has 1 unspecified atom stereocenters. The summed E-state index contributed by atoms with van der Waals surface area (Å²) >= 11 is 0. The number of aromatic nitrogens is 3. The fraction of sp³-hybridized carbons (Fsp3) is 0.133. The van der Waals surface area contributed by atoms with E-state index in [0.29, 0.717) is 5.95 Å². The zero-order valence-corrected chi connectivity index (χ0v) is 11.6. The third kappa shape index (κ3) is 2.75. The maximum Gasteiger partial charge on any atom is 0.239 e. The number of nitrogen functional groups attached to an aromatic ring is 1. The Bertz CT molecular complexity index is 743. The van der Waals surface area contributed by atoms with Crippen LogP contribution in [0.25, 0.3) is 10.9 Å². The molecule has 0 fully saturated rings. The van der Waals surface area contributed by atoms with Gasteiger partial charge in [-0.1, -0.05) is 18.2 Å². The molecule has 0 aliphatic rings. The summed E-state index contributed by atoms with van der Waals surface area (Å²) in [6.45, 7) is 2.04. The SMILES string of the molecule is CC(Nc1nc(NN)nc2ccccc12)c1ccccn1. The second-order valence-electron chi connectivity index (χ2n) is 4.68. The van der Waals surface area contributed by atoms with Crippen molar-refractivity contribution in [3.05, 3.63) is 54.4 Å². The van der Waals surface area contributed by atoms with Gasteiger partial charge in [-0.2, -0.15) is 4.98 Å². The second-order valence-corrected chi connectivity index (χ2v) is 4.68. The molecule has 4 N–H and O–H groups in total. The van der Waals surface area contributed by atoms with Crippen LogP contribution in [0.2, 0.25) is 0 Å². The molecule has 0 aliphatic heterocycles. The van der Waals surface area contributed by atoms with E-state index < -0.39 is 0 Å². The number of pyridine rings is 1. The number of nitrogens with zero attached hydrogens (tertiary/aromatic N) is 3. The van der Waals surface area contributed by atoms with Crippen LogP contribution in [-0.4, -0.2) is 15.0 Å². The zero-order valence-electron chi connectivity index (χ0n) is 11.6. The van der Waals surface area contributed by atoms with Gasteiger partial charge in [0.15, 0.2) is 0 Å². The van der Waals surface area contributed by atoms with Crippen LogP contribution in [0.15, 0.2) is 48.7 Å². The average Bonchev–Trinajstić information content (AvgIpc) is 2.55. The summed E-state index contributed by atoms with van der Waals surface area (Å²) in [6.07, 6.45) is 1.78. The van der Waals surface area contributed by atoms with Gasteiger partial charge >= 0.3 is 0 Å². The van der Waals surface area contributed by atoms with Gasteiger partial charge in [0, 0.05) is 11.6 Å². The summed E-state index contributed by atoms with van der Waals surface area (Å²) < 4.78 is 0. The number of anilines is 2. The molecule has 0 spiro atoms. The van der Waals surface area contributed by atoms with Crippen molar-refractivity contribution in [2.24, 2.45) is 5.84 Å². The number of hydrogen-bond donors (Lipinski definition) is 3. The third-order valence-corrected chi connectivity index (χ3v) is 3.22. The summed E-state index contributed by atoms with van der Waals surface area (Å²) in [4.78, 5) is 13.1.